The number of halogens is 1. The Labute approximate surface area is 103 Å². The normalized spacial score (nSPS) is 10.6. The summed E-state index contributed by atoms with van der Waals surface area (Å²) < 4.78 is 6.23. The van der Waals surface area contributed by atoms with Crippen LogP contribution < -0.4 is 4.90 Å². The molecule has 15 heavy (non-hydrogen) atoms. The van der Waals surface area contributed by atoms with Crippen molar-refractivity contribution in [1.82, 2.24) is 10.2 Å². The molecule has 0 atom stereocenters. The number of rotatable bonds is 7. The van der Waals surface area contributed by atoms with E-state index in [-0.39, 0.29) is 0 Å². The minimum absolute atomic E-state index is 0.550. The number of anilines is 1. The van der Waals surface area contributed by atoms with Crippen LogP contribution in [0.5, 0.6) is 0 Å². The van der Waals surface area contributed by atoms with Crippen LogP contribution in [0.3, 0.4) is 0 Å². The molecule has 1 aromatic heterocycles. The van der Waals surface area contributed by atoms with E-state index in [4.69, 9.17) is 16.3 Å². The molecule has 0 aliphatic rings. The second kappa shape index (κ2) is 7.27. The zero-order valence-corrected chi connectivity index (χ0v) is 11.2. The Hall–Kier alpha value is -0.0400. The highest BCUT2D eigenvalue weighted by molar-refractivity contribution is 8.01. The van der Waals surface area contributed by atoms with Gasteiger partial charge < -0.3 is 9.64 Å². The molecule has 0 aromatic carbocycles. The van der Waals surface area contributed by atoms with Crippen molar-refractivity contribution < 1.29 is 4.74 Å². The molecule has 0 unspecified atom stereocenters. The van der Waals surface area contributed by atoms with Gasteiger partial charge in [-0.05, 0) is 0 Å². The van der Waals surface area contributed by atoms with Crippen LogP contribution in [0, 0.1) is 0 Å². The summed E-state index contributed by atoms with van der Waals surface area (Å²) in [4.78, 5) is 1.95. The van der Waals surface area contributed by atoms with E-state index in [1.165, 1.54) is 0 Å². The molecule has 0 bridgehead atoms. The second-order valence-corrected chi connectivity index (χ2v) is 5.57. The summed E-state index contributed by atoms with van der Waals surface area (Å²) in [6.07, 6.45) is 0. The summed E-state index contributed by atoms with van der Waals surface area (Å²) in [6, 6.07) is 0. The van der Waals surface area contributed by atoms with E-state index >= 15 is 0 Å². The van der Waals surface area contributed by atoms with Crippen molar-refractivity contribution in [3.8, 4) is 0 Å². The van der Waals surface area contributed by atoms with Gasteiger partial charge in [0, 0.05) is 25.7 Å². The topological polar surface area (TPSA) is 38.2 Å². The van der Waals surface area contributed by atoms with Gasteiger partial charge in [0.25, 0.3) is 0 Å². The molecule has 4 nitrogen and oxygen atoms in total. The number of alkyl halides is 1. The molecule has 0 aliphatic carbocycles. The third-order valence-electron chi connectivity index (χ3n) is 1.45. The van der Waals surface area contributed by atoms with E-state index in [0.717, 1.165) is 15.2 Å². The van der Waals surface area contributed by atoms with Gasteiger partial charge in [0.2, 0.25) is 5.13 Å². The zero-order valence-electron chi connectivity index (χ0n) is 8.77. The summed E-state index contributed by atoms with van der Waals surface area (Å²) in [5, 5.41) is 9.04. The van der Waals surface area contributed by atoms with Crippen LogP contribution in [0.2, 0.25) is 0 Å². The first-order valence-electron chi connectivity index (χ1n) is 4.51. The van der Waals surface area contributed by atoms with Gasteiger partial charge in [0.15, 0.2) is 4.34 Å². The Morgan fingerprint density at radius 1 is 1.40 bits per heavy atom. The van der Waals surface area contributed by atoms with Crippen molar-refractivity contribution in [2.75, 3.05) is 43.8 Å². The first-order chi connectivity index (χ1) is 7.24. The molecule has 7 heteroatoms. The predicted molar refractivity (Wildman–Crippen MR) is 66.5 cm³/mol. The van der Waals surface area contributed by atoms with Crippen molar-refractivity contribution in [2.45, 2.75) is 4.34 Å². The summed E-state index contributed by atoms with van der Waals surface area (Å²) in [5.41, 5.74) is 0. The number of aromatic nitrogens is 2. The highest BCUT2D eigenvalue weighted by Crippen LogP contribution is 2.26. The highest BCUT2D eigenvalue weighted by atomic mass is 35.5. The van der Waals surface area contributed by atoms with E-state index < -0.39 is 0 Å². The van der Waals surface area contributed by atoms with Crippen LogP contribution in [0.25, 0.3) is 0 Å². The molecule has 1 heterocycles. The van der Waals surface area contributed by atoms with Crippen molar-refractivity contribution in [3.05, 3.63) is 0 Å². The fourth-order valence-corrected chi connectivity index (χ4v) is 2.58. The average Bonchev–Trinajstić information content (AvgIpc) is 2.66. The van der Waals surface area contributed by atoms with Gasteiger partial charge in [-0.25, -0.2) is 0 Å². The molecule has 0 amide bonds. The molecular weight excluding hydrogens is 254 g/mol. The Morgan fingerprint density at radius 3 is 2.80 bits per heavy atom. The maximum absolute atomic E-state index is 5.48. The van der Waals surface area contributed by atoms with Crippen molar-refractivity contribution in [1.29, 1.82) is 0 Å². The van der Waals surface area contributed by atoms with Crippen molar-refractivity contribution in [2.24, 2.45) is 0 Å². The SMILES string of the molecule is CN(C)c1nnc(SCCOCCCl)s1. The molecular formula is C8H14ClN3OS2. The molecule has 1 rings (SSSR count). The molecule has 86 valence electrons. The van der Waals surface area contributed by atoms with Gasteiger partial charge in [-0.1, -0.05) is 23.1 Å². The molecule has 0 spiro atoms. The molecule has 0 saturated heterocycles. The number of thioether (sulfide) groups is 1. The van der Waals surface area contributed by atoms with E-state index in [0.29, 0.717) is 19.1 Å². The lowest BCUT2D eigenvalue weighted by Gasteiger charge is -2.03. The maximum Gasteiger partial charge on any atom is 0.208 e. The van der Waals surface area contributed by atoms with Crippen molar-refractivity contribution in [3.63, 3.8) is 0 Å². The predicted octanol–water partition coefficient (Wildman–Crippen LogP) is 1.95. The van der Waals surface area contributed by atoms with E-state index in [2.05, 4.69) is 10.2 Å². The van der Waals surface area contributed by atoms with Gasteiger partial charge >= 0.3 is 0 Å². The Balaban J connectivity index is 2.20. The third-order valence-corrected chi connectivity index (χ3v) is 3.80. The fourth-order valence-electron chi connectivity index (χ4n) is 0.786. The summed E-state index contributed by atoms with van der Waals surface area (Å²) in [7, 11) is 3.91. The molecule has 0 radical (unpaired) electrons. The number of hydrogen-bond acceptors (Lipinski definition) is 6. The molecule has 0 saturated carbocycles. The molecule has 0 fully saturated rings. The van der Waals surface area contributed by atoms with E-state index in [1.54, 1.807) is 23.1 Å². The van der Waals surface area contributed by atoms with Crippen LogP contribution in [-0.2, 0) is 4.74 Å². The molecule has 1 aromatic rings. The van der Waals surface area contributed by atoms with Crippen LogP contribution in [0.4, 0.5) is 5.13 Å². The van der Waals surface area contributed by atoms with Gasteiger partial charge in [-0.15, -0.1) is 21.8 Å². The second-order valence-electron chi connectivity index (χ2n) is 2.89. The highest BCUT2D eigenvalue weighted by Gasteiger charge is 2.05. The third kappa shape index (κ3) is 5.01. The first-order valence-corrected chi connectivity index (χ1v) is 6.85. The largest absolute Gasteiger partial charge is 0.379 e. The van der Waals surface area contributed by atoms with Crippen molar-refractivity contribution >= 4 is 39.8 Å². The molecule has 0 N–H and O–H groups in total. The van der Waals surface area contributed by atoms with Gasteiger partial charge in [0.05, 0.1) is 13.2 Å². The summed E-state index contributed by atoms with van der Waals surface area (Å²) >= 11 is 8.73. The Morgan fingerprint density at radius 2 is 2.20 bits per heavy atom. The number of nitrogens with zero attached hydrogens (tertiary/aromatic N) is 3. The Bertz CT molecular complexity index is 283. The van der Waals surface area contributed by atoms with Crippen LogP contribution >= 0.6 is 34.7 Å². The Kier molecular flexibility index (Phi) is 6.31. The lowest BCUT2D eigenvalue weighted by molar-refractivity contribution is 0.166. The van der Waals surface area contributed by atoms with Crippen LogP contribution in [0.15, 0.2) is 4.34 Å². The lowest BCUT2D eigenvalue weighted by atomic mass is 10.8. The number of ether oxygens (including phenoxy) is 1. The van der Waals surface area contributed by atoms with Gasteiger partial charge in [-0.3, -0.25) is 0 Å². The summed E-state index contributed by atoms with van der Waals surface area (Å²) in [5.74, 6) is 1.44. The number of hydrogen-bond donors (Lipinski definition) is 0. The maximum atomic E-state index is 5.48. The van der Waals surface area contributed by atoms with Gasteiger partial charge in [-0.2, -0.15) is 0 Å². The minimum atomic E-state index is 0.550. The van der Waals surface area contributed by atoms with E-state index in [9.17, 15) is 0 Å². The van der Waals surface area contributed by atoms with E-state index in [1.807, 2.05) is 19.0 Å². The fraction of sp³-hybridized carbons (Fsp3) is 0.750. The minimum Gasteiger partial charge on any atom is -0.379 e. The zero-order chi connectivity index (χ0) is 11.1. The summed E-state index contributed by atoms with van der Waals surface area (Å²) in [6.45, 7) is 1.31. The smallest absolute Gasteiger partial charge is 0.208 e. The monoisotopic (exact) mass is 267 g/mol. The standard InChI is InChI=1S/C8H14ClN3OS2/c1-12(2)7-10-11-8(15-7)14-6-5-13-4-3-9/h3-6H2,1-2H3. The van der Waals surface area contributed by atoms with Crippen LogP contribution in [-0.4, -0.2) is 49.1 Å². The van der Waals surface area contributed by atoms with Gasteiger partial charge in [0.1, 0.15) is 0 Å². The molecule has 0 aliphatic heterocycles. The lowest BCUT2D eigenvalue weighted by Crippen LogP contribution is -2.07. The average molecular weight is 268 g/mol. The quantitative estimate of drug-likeness (QED) is 0.429. The first kappa shape index (κ1) is 13.0. The van der Waals surface area contributed by atoms with Crippen LogP contribution in [0.1, 0.15) is 0 Å².